The lowest BCUT2D eigenvalue weighted by Crippen LogP contribution is -2.68. The summed E-state index contributed by atoms with van der Waals surface area (Å²) in [5.74, 6) is 0.873. The van der Waals surface area contributed by atoms with Crippen LogP contribution in [0.5, 0.6) is 0 Å². The molecule has 3 aromatic heterocycles. The molecule has 0 radical (unpaired) electrons. The second-order valence-electron chi connectivity index (χ2n) is 10.1. The molecule has 15 heteroatoms. The molecule has 4 fully saturated rings. The van der Waals surface area contributed by atoms with E-state index in [0.717, 1.165) is 19.3 Å². The Bertz CT molecular complexity index is 1410. The van der Waals surface area contributed by atoms with E-state index in [1.807, 2.05) is 6.07 Å². The number of anilines is 2. The number of fused-ring (bicyclic) bond motifs is 1. The number of carbonyl (C=O) groups is 1. The first-order chi connectivity index (χ1) is 18.1. The fraction of sp³-hybridized carbons (Fsp3) is 0.522. The minimum Gasteiger partial charge on any atom is -0.443 e. The average Bonchev–Trinajstić information content (AvgIpc) is 3.53. The molecule has 1 amide bonds. The molecule has 3 N–H and O–H groups in total. The normalized spacial score (nSPS) is 27.9. The van der Waals surface area contributed by atoms with Crippen molar-refractivity contribution in [2.45, 2.75) is 68.8 Å². The van der Waals surface area contributed by atoms with Crippen molar-refractivity contribution in [2.24, 2.45) is 5.92 Å². The highest BCUT2D eigenvalue weighted by Crippen LogP contribution is 2.57. The maximum absolute atomic E-state index is 14.7. The highest BCUT2D eigenvalue weighted by atomic mass is 19.4. The van der Waals surface area contributed by atoms with Gasteiger partial charge in [-0.05, 0) is 38.0 Å². The predicted octanol–water partition coefficient (Wildman–Crippen LogP) is 3.97. The standard InChI is InChI=1S/C23H22F4N8O3/c24-15-1-12(2-17(15)38-21(36)32-22-4-11(5-22)6-22)16-3-18(34-33-16)31-20-29-8-13(7-28)19-30-14(9-35(19)20)10-37-23(25,26)27/h3,8-9,11-12,15,17H,1-2,4-6,10H2,(H,32,36)(H2,29,31,33,34)/t11?,12-,15+,17-,22?/m0/s1. The van der Waals surface area contributed by atoms with Gasteiger partial charge in [0.05, 0.1) is 18.5 Å². The van der Waals surface area contributed by atoms with E-state index >= 15 is 0 Å². The Morgan fingerprint density at radius 3 is 2.79 bits per heavy atom. The summed E-state index contributed by atoms with van der Waals surface area (Å²) in [6, 6.07) is 3.55. The SMILES string of the molecule is N#Cc1cnc(Nc2cc([C@H]3C[C@@H](F)[C@@H](OC(=O)NC45CC(C4)C5)C3)[nH]n2)n2cc(COC(F)(F)F)nc12. The maximum Gasteiger partial charge on any atom is 0.522 e. The fourth-order valence-corrected chi connectivity index (χ4v) is 5.49. The van der Waals surface area contributed by atoms with Crippen molar-refractivity contribution in [3.05, 3.63) is 35.4 Å². The molecule has 3 heterocycles. The molecule has 4 aliphatic carbocycles. The number of hydrogen-bond donors (Lipinski definition) is 3. The van der Waals surface area contributed by atoms with Gasteiger partial charge in [-0.3, -0.25) is 14.2 Å². The highest BCUT2D eigenvalue weighted by molar-refractivity contribution is 5.69. The Hall–Kier alpha value is -3.93. The molecule has 4 aliphatic rings. The van der Waals surface area contributed by atoms with Crippen LogP contribution in [-0.2, 0) is 16.1 Å². The number of aromatic amines is 1. The lowest BCUT2D eigenvalue weighted by molar-refractivity contribution is -0.330. The summed E-state index contributed by atoms with van der Waals surface area (Å²) >= 11 is 0. The summed E-state index contributed by atoms with van der Waals surface area (Å²) in [5, 5.41) is 22.2. The molecule has 200 valence electrons. The van der Waals surface area contributed by atoms with Crippen LogP contribution in [0.2, 0.25) is 0 Å². The summed E-state index contributed by atoms with van der Waals surface area (Å²) in [6.07, 6.45) is -1.78. The number of hydrogen-bond acceptors (Lipinski definition) is 8. The average molecular weight is 534 g/mol. The molecule has 3 aromatic rings. The Kier molecular flexibility index (Phi) is 5.67. The van der Waals surface area contributed by atoms with E-state index in [0.29, 0.717) is 17.4 Å². The number of nitriles is 1. The minimum atomic E-state index is -4.83. The lowest BCUT2D eigenvalue weighted by atomic mass is 9.50. The van der Waals surface area contributed by atoms with Crippen molar-refractivity contribution in [1.82, 2.24) is 29.9 Å². The Morgan fingerprint density at radius 2 is 2.11 bits per heavy atom. The molecule has 7 rings (SSSR count). The lowest BCUT2D eigenvalue weighted by Gasteiger charge is -2.61. The van der Waals surface area contributed by atoms with Gasteiger partial charge in [-0.1, -0.05) is 0 Å². The Labute approximate surface area is 212 Å². The van der Waals surface area contributed by atoms with Gasteiger partial charge >= 0.3 is 12.5 Å². The first kappa shape index (κ1) is 24.4. The van der Waals surface area contributed by atoms with Crippen LogP contribution in [-0.4, -0.2) is 54.8 Å². The molecule has 2 bridgehead atoms. The number of alkyl carbamates (subject to hydrolysis) is 1. The largest absolute Gasteiger partial charge is 0.522 e. The van der Waals surface area contributed by atoms with Crippen molar-refractivity contribution in [3.8, 4) is 6.07 Å². The van der Waals surface area contributed by atoms with Crippen molar-refractivity contribution in [3.63, 3.8) is 0 Å². The van der Waals surface area contributed by atoms with E-state index in [2.05, 4.69) is 35.5 Å². The molecule has 0 spiro atoms. The molecule has 0 aromatic carbocycles. The van der Waals surface area contributed by atoms with E-state index in [9.17, 15) is 27.6 Å². The maximum atomic E-state index is 14.7. The number of nitrogens with one attached hydrogen (secondary N) is 3. The van der Waals surface area contributed by atoms with E-state index in [4.69, 9.17) is 4.74 Å². The summed E-state index contributed by atoms with van der Waals surface area (Å²) in [4.78, 5) is 20.4. The summed E-state index contributed by atoms with van der Waals surface area (Å²) in [5.41, 5.74) is 0.565. The van der Waals surface area contributed by atoms with Crippen LogP contribution in [0.4, 0.5) is 34.1 Å². The first-order valence-electron chi connectivity index (χ1n) is 12.0. The number of rotatable bonds is 7. The first-order valence-corrected chi connectivity index (χ1v) is 12.0. The monoisotopic (exact) mass is 534 g/mol. The van der Waals surface area contributed by atoms with Gasteiger partial charge < -0.3 is 15.4 Å². The third-order valence-corrected chi connectivity index (χ3v) is 7.42. The molecule has 0 saturated heterocycles. The third kappa shape index (κ3) is 4.60. The second kappa shape index (κ2) is 8.83. The molecular weight excluding hydrogens is 512 g/mol. The van der Waals surface area contributed by atoms with Gasteiger partial charge in [-0.25, -0.2) is 19.2 Å². The number of ether oxygens (including phenoxy) is 2. The smallest absolute Gasteiger partial charge is 0.443 e. The van der Waals surface area contributed by atoms with Crippen LogP contribution in [0.25, 0.3) is 5.65 Å². The zero-order valence-corrected chi connectivity index (χ0v) is 19.8. The molecular formula is C23H22F4N8O3. The molecule has 38 heavy (non-hydrogen) atoms. The number of aromatic nitrogens is 5. The number of alkyl halides is 4. The molecule has 3 atom stereocenters. The van der Waals surface area contributed by atoms with Gasteiger partial charge in [0.15, 0.2) is 11.5 Å². The molecule has 0 unspecified atom stereocenters. The fourth-order valence-electron chi connectivity index (χ4n) is 5.49. The Morgan fingerprint density at radius 1 is 1.32 bits per heavy atom. The highest BCUT2D eigenvalue weighted by Gasteiger charge is 2.58. The zero-order valence-electron chi connectivity index (χ0n) is 19.8. The molecule has 4 saturated carbocycles. The van der Waals surface area contributed by atoms with Crippen LogP contribution in [0.1, 0.15) is 55.0 Å². The second-order valence-corrected chi connectivity index (χ2v) is 10.1. The van der Waals surface area contributed by atoms with Crippen LogP contribution in [0.3, 0.4) is 0 Å². The van der Waals surface area contributed by atoms with Crippen LogP contribution in [0.15, 0.2) is 18.5 Å². The number of imidazole rings is 1. The third-order valence-electron chi connectivity index (χ3n) is 7.42. The van der Waals surface area contributed by atoms with Gasteiger partial charge in [0.1, 0.15) is 23.9 Å². The number of carbonyl (C=O) groups excluding carboxylic acids is 1. The zero-order chi connectivity index (χ0) is 26.7. The van der Waals surface area contributed by atoms with Gasteiger partial charge in [0, 0.05) is 29.4 Å². The van der Waals surface area contributed by atoms with Crippen molar-refractivity contribution in [2.75, 3.05) is 5.32 Å². The number of amides is 1. The topological polar surface area (TPSA) is 142 Å². The summed E-state index contributed by atoms with van der Waals surface area (Å²) in [6.45, 7) is -0.836. The van der Waals surface area contributed by atoms with E-state index < -0.39 is 31.3 Å². The van der Waals surface area contributed by atoms with Gasteiger partial charge in [-0.2, -0.15) is 10.4 Å². The van der Waals surface area contributed by atoms with Gasteiger partial charge in [0.25, 0.3) is 0 Å². The van der Waals surface area contributed by atoms with E-state index in [-0.39, 0.29) is 47.2 Å². The minimum absolute atomic E-state index is 0.0540. The molecule has 0 aliphatic heterocycles. The van der Waals surface area contributed by atoms with Gasteiger partial charge in [0.2, 0.25) is 5.95 Å². The quantitative estimate of drug-likeness (QED) is 0.387. The Balaban J connectivity index is 1.12. The summed E-state index contributed by atoms with van der Waals surface area (Å²) < 4.78 is 62.5. The molecule has 11 nitrogen and oxygen atoms in total. The predicted molar refractivity (Wildman–Crippen MR) is 121 cm³/mol. The van der Waals surface area contributed by atoms with Crippen LogP contribution in [0, 0.1) is 17.2 Å². The van der Waals surface area contributed by atoms with E-state index in [1.165, 1.54) is 16.8 Å². The number of nitrogens with zero attached hydrogens (tertiary/aromatic N) is 5. The number of H-pyrrole nitrogens is 1. The van der Waals surface area contributed by atoms with Crippen molar-refractivity contribution >= 4 is 23.5 Å². The summed E-state index contributed by atoms with van der Waals surface area (Å²) in [7, 11) is 0. The van der Waals surface area contributed by atoms with Crippen molar-refractivity contribution in [1.29, 1.82) is 5.26 Å². The van der Waals surface area contributed by atoms with Gasteiger partial charge in [-0.15, -0.1) is 13.2 Å². The van der Waals surface area contributed by atoms with Crippen molar-refractivity contribution < 1.29 is 31.8 Å². The van der Waals surface area contributed by atoms with Crippen LogP contribution < -0.4 is 10.6 Å². The van der Waals surface area contributed by atoms with Crippen LogP contribution >= 0.6 is 0 Å². The number of halogens is 4. The van der Waals surface area contributed by atoms with E-state index in [1.54, 1.807) is 6.07 Å².